The normalized spacial score (nSPS) is 23.6. The molecule has 0 aromatic heterocycles. The van der Waals surface area contributed by atoms with E-state index >= 15 is 0 Å². The SMILES string of the molecule is CC1(CN)CCN(Cc2ccc(C(C)(C)C)cc2)C1.Cl. The standard InChI is InChI=1S/C17H28N2.ClH/c1-16(2,3)15-7-5-14(6-8-15)11-19-10-9-17(4,12-18)13-19;/h5-8H,9-13,18H2,1-4H3;1H. The van der Waals surface area contributed by atoms with E-state index in [1.54, 1.807) is 0 Å². The van der Waals surface area contributed by atoms with E-state index in [0.29, 0.717) is 5.41 Å². The highest BCUT2D eigenvalue weighted by Gasteiger charge is 2.32. The van der Waals surface area contributed by atoms with Crippen LogP contribution in [-0.2, 0) is 12.0 Å². The number of nitrogens with zero attached hydrogens (tertiary/aromatic N) is 1. The van der Waals surface area contributed by atoms with Crippen LogP contribution in [0.1, 0.15) is 45.2 Å². The number of likely N-dealkylation sites (tertiary alicyclic amines) is 1. The van der Waals surface area contributed by atoms with Crippen LogP contribution in [0.25, 0.3) is 0 Å². The van der Waals surface area contributed by atoms with Gasteiger partial charge in [-0.05, 0) is 41.5 Å². The molecule has 1 heterocycles. The van der Waals surface area contributed by atoms with Crippen LogP contribution in [0.3, 0.4) is 0 Å². The maximum absolute atomic E-state index is 5.86. The number of hydrogen-bond donors (Lipinski definition) is 1. The summed E-state index contributed by atoms with van der Waals surface area (Å²) in [6.07, 6.45) is 1.23. The molecular weight excluding hydrogens is 268 g/mol. The lowest BCUT2D eigenvalue weighted by Crippen LogP contribution is -2.31. The second-order valence-electron chi connectivity index (χ2n) is 7.42. The van der Waals surface area contributed by atoms with Crippen LogP contribution in [0, 0.1) is 5.41 Å². The number of halogens is 1. The van der Waals surface area contributed by atoms with Gasteiger partial charge in [-0.25, -0.2) is 0 Å². The summed E-state index contributed by atoms with van der Waals surface area (Å²) in [6, 6.07) is 9.10. The van der Waals surface area contributed by atoms with Crippen molar-refractivity contribution in [2.75, 3.05) is 19.6 Å². The molecule has 114 valence electrons. The minimum Gasteiger partial charge on any atom is -0.330 e. The Kier molecular flexibility index (Phi) is 5.65. The summed E-state index contributed by atoms with van der Waals surface area (Å²) in [6.45, 7) is 13.2. The quantitative estimate of drug-likeness (QED) is 0.924. The highest BCUT2D eigenvalue weighted by Crippen LogP contribution is 2.30. The van der Waals surface area contributed by atoms with Crippen LogP contribution in [0.5, 0.6) is 0 Å². The number of hydrogen-bond acceptors (Lipinski definition) is 2. The molecule has 0 aliphatic carbocycles. The van der Waals surface area contributed by atoms with Crippen molar-refractivity contribution in [2.24, 2.45) is 11.1 Å². The van der Waals surface area contributed by atoms with Crippen molar-refractivity contribution in [3.63, 3.8) is 0 Å². The highest BCUT2D eigenvalue weighted by molar-refractivity contribution is 5.85. The lowest BCUT2D eigenvalue weighted by atomic mass is 9.87. The van der Waals surface area contributed by atoms with Crippen LogP contribution in [0.2, 0.25) is 0 Å². The molecule has 1 unspecified atom stereocenters. The van der Waals surface area contributed by atoms with Crippen molar-refractivity contribution in [2.45, 2.75) is 46.1 Å². The molecule has 0 amide bonds. The van der Waals surface area contributed by atoms with Crippen molar-refractivity contribution in [3.05, 3.63) is 35.4 Å². The summed E-state index contributed by atoms with van der Waals surface area (Å²) < 4.78 is 0. The van der Waals surface area contributed by atoms with E-state index in [0.717, 1.165) is 19.6 Å². The van der Waals surface area contributed by atoms with Gasteiger partial charge < -0.3 is 5.73 Å². The van der Waals surface area contributed by atoms with Crippen LogP contribution in [-0.4, -0.2) is 24.5 Å². The van der Waals surface area contributed by atoms with Crippen LogP contribution < -0.4 is 5.73 Å². The first kappa shape index (κ1) is 17.5. The van der Waals surface area contributed by atoms with E-state index in [9.17, 15) is 0 Å². The Bertz CT molecular complexity index is 422. The highest BCUT2D eigenvalue weighted by atomic mass is 35.5. The van der Waals surface area contributed by atoms with Crippen molar-refractivity contribution < 1.29 is 0 Å². The smallest absolute Gasteiger partial charge is 0.0233 e. The van der Waals surface area contributed by atoms with Gasteiger partial charge in [-0.3, -0.25) is 4.90 Å². The number of benzene rings is 1. The first-order valence-corrected chi connectivity index (χ1v) is 7.34. The Hall–Kier alpha value is -0.570. The first-order valence-electron chi connectivity index (χ1n) is 7.34. The summed E-state index contributed by atoms with van der Waals surface area (Å²) in [5.41, 5.74) is 9.25. The number of nitrogens with two attached hydrogens (primary N) is 1. The molecule has 2 rings (SSSR count). The molecule has 2 nitrogen and oxygen atoms in total. The summed E-state index contributed by atoms with van der Waals surface area (Å²) >= 11 is 0. The van der Waals surface area contributed by atoms with Gasteiger partial charge in [0.25, 0.3) is 0 Å². The molecule has 0 bridgehead atoms. The molecule has 1 aliphatic rings. The molecule has 1 saturated heterocycles. The predicted molar refractivity (Wildman–Crippen MR) is 89.4 cm³/mol. The van der Waals surface area contributed by atoms with Crippen LogP contribution in [0.4, 0.5) is 0 Å². The van der Waals surface area contributed by atoms with Gasteiger partial charge in [0.1, 0.15) is 0 Å². The third-order valence-corrected chi connectivity index (χ3v) is 4.36. The van der Waals surface area contributed by atoms with Gasteiger partial charge in [-0.2, -0.15) is 0 Å². The van der Waals surface area contributed by atoms with E-state index in [4.69, 9.17) is 5.73 Å². The van der Waals surface area contributed by atoms with Crippen molar-refractivity contribution >= 4 is 12.4 Å². The van der Waals surface area contributed by atoms with Crippen molar-refractivity contribution in [1.29, 1.82) is 0 Å². The molecular formula is C17H29ClN2. The largest absolute Gasteiger partial charge is 0.330 e. The molecule has 0 spiro atoms. The predicted octanol–water partition coefficient (Wildman–Crippen LogP) is 3.58. The molecule has 3 heteroatoms. The van der Waals surface area contributed by atoms with Gasteiger partial charge in [0.05, 0.1) is 0 Å². The second kappa shape index (κ2) is 6.46. The lowest BCUT2D eigenvalue weighted by molar-refractivity contribution is 0.274. The van der Waals surface area contributed by atoms with E-state index in [1.807, 2.05) is 0 Å². The lowest BCUT2D eigenvalue weighted by Gasteiger charge is -2.23. The second-order valence-corrected chi connectivity index (χ2v) is 7.42. The topological polar surface area (TPSA) is 29.3 Å². The Labute approximate surface area is 130 Å². The van der Waals surface area contributed by atoms with Crippen molar-refractivity contribution in [1.82, 2.24) is 4.90 Å². The Morgan fingerprint density at radius 2 is 1.80 bits per heavy atom. The zero-order valence-corrected chi connectivity index (χ0v) is 14.1. The zero-order valence-electron chi connectivity index (χ0n) is 13.3. The first-order chi connectivity index (χ1) is 8.82. The fourth-order valence-electron chi connectivity index (χ4n) is 2.80. The van der Waals surface area contributed by atoms with E-state index in [1.165, 1.54) is 24.1 Å². The maximum atomic E-state index is 5.86. The van der Waals surface area contributed by atoms with Gasteiger partial charge in [-0.1, -0.05) is 52.0 Å². The minimum absolute atomic E-state index is 0. The minimum atomic E-state index is 0. The van der Waals surface area contributed by atoms with Gasteiger partial charge in [0.2, 0.25) is 0 Å². The van der Waals surface area contributed by atoms with Crippen LogP contribution >= 0.6 is 12.4 Å². The average Bonchev–Trinajstić information content (AvgIpc) is 2.71. The summed E-state index contributed by atoms with van der Waals surface area (Å²) in [7, 11) is 0. The van der Waals surface area contributed by atoms with Crippen molar-refractivity contribution in [3.8, 4) is 0 Å². The summed E-state index contributed by atoms with van der Waals surface area (Å²) in [5.74, 6) is 0. The number of rotatable bonds is 3. The maximum Gasteiger partial charge on any atom is 0.0233 e. The summed E-state index contributed by atoms with van der Waals surface area (Å²) in [5, 5.41) is 0. The Morgan fingerprint density at radius 3 is 2.25 bits per heavy atom. The fourth-order valence-corrected chi connectivity index (χ4v) is 2.80. The third-order valence-electron chi connectivity index (χ3n) is 4.36. The molecule has 0 saturated carbocycles. The summed E-state index contributed by atoms with van der Waals surface area (Å²) in [4.78, 5) is 2.53. The average molecular weight is 297 g/mol. The zero-order chi connectivity index (χ0) is 14.1. The monoisotopic (exact) mass is 296 g/mol. The third kappa shape index (κ3) is 4.21. The van der Waals surface area contributed by atoms with Crippen LogP contribution in [0.15, 0.2) is 24.3 Å². The van der Waals surface area contributed by atoms with Gasteiger partial charge >= 0.3 is 0 Å². The molecule has 1 aromatic carbocycles. The van der Waals surface area contributed by atoms with Gasteiger partial charge in [-0.15, -0.1) is 12.4 Å². The molecule has 2 N–H and O–H groups in total. The molecule has 0 radical (unpaired) electrons. The van der Waals surface area contributed by atoms with E-state index < -0.39 is 0 Å². The van der Waals surface area contributed by atoms with E-state index in [2.05, 4.69) is 56.9 Å². The molecule has 1 fully saturated rings. The van der Waals surface area contributed by atoms with Gasteiger partial charge in [0.15, 0.2) is 0 Å². The molecule has 1 aliphatic heterocycles. The van der Waals surface area contributed by atoms with E-state index in [-0.39, 0.29) is 17.8 Å². The van der Waals surface area contributed by atoms with Gasteiger partial charge in [0, 0.05) is 13.1 Å². The molecule has 20 heavy (non-hydrogen) atoms. The molecule has 1 atom stereocenters. The Balaban J connectivity index is 0.00000200. The Morgan fingerprint density at radius 1 is 1.20 bits per heavy atom. The molecule has 1 aromatic rings. The fraction of sp³-hybridized carbons (Fsp3) is 0.647.